The number of hydrogen-bond donors (Lipinski definition) is 2. The van der Waals surface area contributed by atoms with Crippen LogP contribution in [0.3, 0.4) is 0 Å². The smallest absolute Gasteiger partial charge is 0.218 e. The van der Waals surface area contributed by atoms with Crippen LogP contribution >= 0.6 is 15.9 Å². The van der Waals surface area contributed by atoms with Gasteiger partial charge in [-0.15, -0.1) is 0 Å². The number of ether oxygens (including phenoxy) is 1. The number of rotatable bonds is 6. The van der Waals surface area contributed by atoms with E-state index in [9.17, 15) is 4.79 Å². The summed E-state index contributed by atoms with van der Waals surface area (Å²) in [7, 11) is 0. The molecular weight excluding hydrogens is 312 g/mol. The molecule has 0 saturated carbocycles. The van der Waals surface area contributed by atoms with E-state index in [-0.39, 0.29) is 11.9 Å². The summed E-state index contributed by atoms with van der Waals surface area (Å²) in [5.41, 5.74) is 5.33. The first-order valence-corrected chi connectivity index (χ1v) is 7.28. The van der Waals surface area contributed by atoms with Crippen LogP contribution in [0, 0.1) is 5.92 Å². The molecule has 1 amide bonds. The minimum atomic E-state index is -0.274. The molecule has 1 aliphatic rings. The summed E-state index contributed by atoms with van der Waals surface area (Å²) >= 11 is 3.27. The van der Waals surface area contributed by atoms with Crippen molar-refractivity contribution in [1.29, 1.82) is 0 Å². The lowest BCUT2D eigenvalue weighted by atomic mass is 9.89. The van der Waals surface area contributed by atoms with E-state index < -0.39 is 0 Å². The van der Waals surface area contributed by atoms with Crippen LogP contribution in [0.25, 0.3) is 0 Å². The van der Waals surface area contributed by atoms with E-state index in [0.29, 0.717) is 23.6 Å². The average molecular weight is 331 g/mol. The van der Waals surface area contributed by atoms with Gasteiger partial charge in [0.25, 0.3) is 0 Å². The van der Waals surface area contributed by atoms with Crippen LogP contribution in [0.2, 0.25) is 0 Å². The number of carbonyl (C=O) groups excluding carboxylic acids is 1. The third kappa shape index (κ3) is 4.63. The van der Waals surface area contributed by atoms with Gasteiger partial charge in [-0.1, -0.05) is 0 Å². The molecule has 1 unspecified atom stereocenters. The molecule has 1 aliphatic heterocycles. The van der Waals surface area contributed by atoms with Gasteiger partial charge in [0.1, 0.15) is 5.76 Å². The summed E-state index contributed by atoms with van der Waals surface area (Å²) in [6.07, 6.45) is 2.28. The number of nitrogens with one attached hydrogen (secondary N) is 1. The Morgan fingerprint density at radius 2 is 2.21 bits per heavy atom. The van der Waals surface area contributed by atoms with Gasteiger partial charge < -0.3 is 20.2 Å². The van der Waals surface area contributed by atoms with Crippen molar-refractivity contribution in [2.45, 2.75) is 31.8 Å². The fraction of sp³-hybridized carbons (Fsp3) is 0.615. The van der Waals surface area contributed by atoms with Gasteiger partial charge in [-0.05, 0) is 46.8 Å². The predicted octanol–water partition coefficient (Wildman–Crippen LogP) is 1.80. The molecule has 19 heavy (non-hydrogen) atoms. The second kappa shape index (κ2) is 7.07. The van der Waals surface area contributed by atoms with E-state index in [2.05, 4.69) is 21.2 Å². The molecule has 0 bridgehead atoms. The largest absolute Gasteiger partial charge is 0.453 e. The summed E-state index contributed by atoms with van der Waals surface area (Å²) in [5, 5.41) is 3.38. The Hall–Kier alpha value is -0.850. The van der Waals surface area contributed by atoms with Crippen molar-refractivity contribution < 1.29 is 13.9 Å². The Bertz CT molecular complexity index is 416. The van der Waals surface area contributed by atoms with Crippen LogP contribution in [0.4, 0.5) is 0 Å². The second-order valence-electron chi connectivity index (χ2n) is 4.81. The zero-order valence-corrected chi connectivity index (χ0v) is 12.3. The fourth-order valence-corrected chi connectivity index (χ4v) is 2.76. The Morgan fingerprint density at radius 1 is 1.47 bits per heavy atom. The van der Waals surface area contributed by atoms with Crippen LogP contribution in [0.15, 0.2) is 21.2 Å². The fourth-order valence-electron chi connectivity index (χ4n) is 2.42. The van der Waals surface area contributed by atoms with E-state index in [1.165, 1.54) is 0 Å². The summed E-state index contributed by atoms with van der Waals surface area (Å²) in [6.45, 7) is 2.11. The van der Waals surface area contributed by atoms with Crippen molar-refractivity contribution in [3.63, 3.8) is 0 Å². The Balaban J connectivity index is 1.90. The van der Waals surface area contributed by atoms with Crippen molar-refractivity contribution >= 4 is 21.8 Å². The van der Waals surface area contributed by atoms with Gasteiger partial charge in [-0.2, -0.15) is 0 Å². The summed E-state index contributed by atoms with van der Waals surface area (Å²) < 4.78 is 11.5. The van der Waals surface area contributed by atoms with Crippen LogP contribution in [0.5, 0.6) is 0 Å². The van der Waals surface area contributed by atoms with Gasteiger partial charge in [0.05, 0.1) is 6.54 Å². The van der Waals surface area contributed by atoms with Gasteiger partial charge in [-0.25, -0.2) is 0 Å². The molecular formula is C13H19BrN2O3. The molecule has 1 atom stereocenters. The molecule has 0 radical (unpaired) electrons. The third-order valence-electron chi connectivity index (χ3n) is 3.42. The third-order valence-corrected chi connectivity index (χ3v) is 3.85. The van der Waals surface area contributed by atoms with E-state index in [4.69, 9.17) is 14.9 Å². The van der Waals surface area contributed by atoms with Crippen LogP contribution in [-0.4, -0.2) is 25.2 Å². The molecule has 3 N–H and O–H groups in total. The normalized spacial score (nSPS) is 18.4. The van der Waals surface area contributed by atoms with E-state index in [1.54, 1.807) is 0 Å². The number of hydrogen-bond acceptors (Lipinski definition) is 4. The van der Waals surface area contributed by atoms with Gasteiger partial charge in [0.2, 0.25) is 5.91 Å². The SMILES string of the molecule is NC(=O)CC(NCc1ccc(Br)o1)C1CCOCC1. The molecule has 1 fully saturated rings. The van der Waals surface area contributed by atoms with E-state index in [0.717, 1.165) is 31.8 Å². The molecule has 6 heteroatoms. The zero-order chi connectivity index (χ0) is 13.7. The van der Waals surface area contributed by atoms with Crippen molar-refractivity contribution in [3.8, 4) is 0 Å². The van der Waals surface area contributed by atoms with E-state index >= 15 is 0 Å². The Kier molecular flexibility index (Phi) is 5.42. The molecule has 5 nitrogen and oxygen atoms in total. The first-order valence-electron chi connectivity index (χ1n) is 6.49. The number of primary amides is 1. The summed E-state index contributed by atoms with van der Waals surface area (Å²) in [6, 6.07) is 3.85. The van der Waals surface area contributed by atoms with Crippen LogP contribution in [-0.2, 0) is 16.1 Å². The first kappa shape index (κ1) is 14.6. The Morgan fingerprint density at radius 3 is 2.79 bits per heavy atom. The second-order valence-corrected chi connectivity index (χ2v) is 5.60. The maximum absolute atomic E-state index is 11.2. The molecule has 0 spiro atoms. The van der Waals surface area contributed by atoms with Crippen molar-refractivity contribution in [2.24, 2.45) is 11.7 Å². The minimum Gasteiger partial charge on any atom is -0.453 e. The highest BCUT2D eigenvalue weighted by atomic mass is 79.9. The van der Waals surface area contributed by atoms with E-state index in [1.807, 2.05) is 12.1 Å². The highest BCUT2D eigenvalue weighted by Crippen LogP contribution is 2.21. The molecule has 2 heterocycles. The Labute approximate surface area is 121 Å². The lowest BCUT2D eigenvalue weighted by Gasteiger charge is -2.30. The lowest BCUT2D eigenvalue weighted by molar-refractivity contribution is -0.119. The molecule has 0 aromatic carbocycles. The predicted molar refractivity (Wildman–Crippen MR) is 74.4 cm³/mol. The van der Waals surface area contributed by atoms with Gasteiger partial charge in [0.15, 0.2) is 4.67 Å². The van der Waals surface area contributed by atoms with Crippen LogP contribution in [0.1, 0.15) is 25.0 Å². The summed E-state index contributed by atoms with van der Waals surface area (Å²) in [5.74, 6) is 0.998. The van der Waals surface area contributed by atoms with Crippen molar-refractivity contribution in [1.82, 2.24) is 5.32 Å². The molecule has 1 aromatic heterocycles. The maximum Gasteiger partial charge on any atom is 0.218 e. The van der Waals surface area contributed by atoms with Gasteiger partial charge in [-0.3, -0.25) is 4.79 Å². The molecule has 0 aliphatic carbocycles. The van der Waals surface area contributed by atoms with Gasteiger partial charge >= 0.3 is 0 Å². The molecule has 106 valence electrons. The standard InChI is InChI=1S/C13H19BrN2O3/c14-12-2-1-10(19-12)8-16-11(7-13(15)17)9-3-5-18-6-4-9/h1-2,9,11,16H,3-8H2,(H2,15,17). The molecule has 2 rings (SSSR count). The van der Waals surface area contributed by atoms with Crippen molar-refractivity contribution in [3.05, 3.63) is 22.6 Å². The minimum absolute atomic E-state index is 0.0882. The summed E-state index contributed by atoms with van der Waals surface area (Å²) in [4.78, 5) is 11.2. The first-order chi connectivity index (χ1) is 9.15. The number of halogens is 1. The average Bonchev–Trinajstić information content (AvgIpc) is 2.81. The zero-order valence-electron chi connectivity index (χ0n) is 10.7. The number of amides is 1. The number of carbonyl (C=O) groups is 1. The monoisotopic (exact) mass is 330 g/mol. The highest BCUT2D eigenvalue weighted by Gasteiger charge is 2.25. The number of furan rings is 1. The topological polar surface area (TPSA) is 77.5 Å². The molecule has 1 aromatic rings. The highest BCUT2D eigenvalue weighted by molar-refractivity contribution is 9.10. The quantitative estimate of drug-likeness (QED) is 0.833. The maximum atomic E-state index is 11.2. The molecule has 1 saturated heterocycles. The van der Waals surface area contributed by atoms with Gasteiger partial charge in [0, 0.05) is 25.7 Å². The van der Waals surface area contributed by atoms with Crippen LogP contribution < -0.4 is 11.1 Å². The number of nitrogens with two attached hydrogens (primary N) is 1. The van der Waals surface area contributed by atoms with Crippen molar-refractivity contribution in [2.75, 3.05) is 13.2 Å². The lowest BCUT2D eigenvalue weighted by Crippen LogP contribution is -2.41.